The van der Waals surface area contributed by atoms with Crippen molar-refractivity contribution in [3.8, 4) is 0 Å². The van der Waals surface area contributed by atoms with E-state index in [0.717, 1.165) is 24.1 Å². The topological polar surface area (TPSA) is 35.2 Å². The standard InChI is InChI=1S/C14H21NO/c1-3-5-8-12(11-16-4-2)13-9-6-7-10-14(13)15/h6-7,9-11H,3-5,8,15H2,1-2H3/b12-11+. The molecule has 0 atom stereocenters. The Balaban J connectivity index is 2.87. The molecule has 0 bridgehead atoms. The highest BCUT2D eigenvalue weighted by Crippen LogP contribution is 2.25. The number of unbranched alkanes of at least 4 members (excludes halogenated alkanes) is 1. The van der Waals surface area contributed by atoms with E-state index in [0.29, 0.717) is 6.61 Å². The third-order valence-corrected chi connectivity index (χ3v) is 2.50. The van der Waals surface area contributed by atoms with E-state index >= 15 is 0 Å². The van der Waals surface area contributed by atoms with Crippen LogP contribution in [-0.4, -0.2) is 6.61 Å². The second-order valence-corrected chi connectivity index (χ2v) is 3.79. The number of para-hydroxylation sites is 1. The minimum atomic E-state index is 0.697. The molecule has 0 saturated heterocycles. The molecule has 0 aliphatic heterocycles. The summed E-state index contributed by atoms with van der Waals surface area (Å²) in [4.78, 5) is 0. The summed E-state index contributed by atoms with van der Waals surface area (Å²) in [5, 5.41) is 0. The molecule has 2 N–H and O–H groups in total. The van der Waals surface area contributed by atoms with Gasteiger partial charge in [-0.25, -0.2) is 0 Å². The van der Waals surface area contributed by atoms with E-state index in [2.05, 4.69) is 13.0 Å². The Bertz CT molecular complexity index is 344. The van der Waals surface area contributed by atoms with Crippen LogP contribution in [0.5, 0.6) is 0 Å². The fourth-order valence-corrected chi connectivity index (χ4v) is 1.60. The zero-order chi connectivity index (χ0) is 11.8. The van der Waals surface area contributed by atoms with E-state index in [1.165, 1.54) is 12.0 Å². The van der Waals surface area contributed by atoms with Gasteiger partial charge in [0.2, 0.25) is 0 Å². The van der Waals surface area contributed by atoms with Gasteiger partial charge in [0.05, 0.1) is 12.9 Å². The Kier molecular flexibility index (Phi) is 5.48. The van der Waals surface area contributed by atoms with Crippen molar-refractivity contribution in [1.82, 2.24) is 0 Å². The van der Waals surface area contributed by atoms with Crippen LogP contribution in [0.3, 0.4) is 0 Å². The molecule has 1 aromatic carbocycles. The van der Waals surface area contributed by atoms with Gasteiger partial charge in [-0.15, -0.1) is 0 Å². The summed E-state index contributed by atoms with van der Waals surface area (Å²) >= 11 is 0. The van der Waals surface area contributed by atoms with Gasteiger partial charge in [-0.1, -0.05) is 31.5 Å². The number of ether oxygens (including phenoxy) is 1. The fraction of sp³-hybridized carbons (Fsp3) is 0.429. The van der Waals surface area contributed by atoms with E-state index in [9.17, 15) is 0 Å². The molecule has 0 heterocycles. The van der Waals surface area contributed by atoms with Crippen molar-refractivity contribution in [2.45, 2.75) is 33.1 Å². The number of hydrogen-bond donors (Lipinski definition) is 1. The first-order valence-electron chi connectivity index (χ1n) is 5.95. The van der Waals surface area contributed by atoms with Crippen molar-refractivity contribution in [1.29, 1.82) is 0 Å². The van der Waals surface area contributed by atoms with Crippen molar-refractivity contribution in [2.75, 3.05) is 12.3 Å². The number of rotatable bonds is 6. The number of anilines is 1. The minimum Gasteiger partial charge on any atom is -0.501 e. The molecule has 0 aliphatic carbocycles. The molecular formula is C14H21NO. The SMILES string of the molecule is CCCC/C(=C\OCC)c1ccccc1N. The van der Waals surface area contributed by atoms with Crippen LogP contribution in [0.1, 0.15) is 38.7 Å². The lowest BCUT2D eigenvalue weighted by Gasteiger charge is -2.10. The number of benzene rings is 1. The number of nitrogen functional groups attached to an aromatic ring is 1. The lowest BCUT2D eigenvalue weighted by atomic mass is 10.00. The van der Waals surface area contributed by atoms with E-state index in [4.69, 9.17) is 10.5 Å². The van der Waals surface area contributed by atoms with Gasteiger partial charge in [0, 0.05) is 11.3 Å². The van der Waals surface area contributed by atoms with Gasteiger partial charge in [-0.3, -0.25) is 0 Å². The first kappa shape index (κ1) is 12.6. The molecule has 2 heteroatoms. The molecule has 1 aromatic rings. The molecular weight excluding hydrogens is 198 g/mol. The number of nitrogens with two attached hydrogens (primary N) is 1. The maximum Gasteiger partial charge on any atom is 0.0867 e. The van der Waals surface area contributed by atoms with E-state index in [-0.39, 0.29) is 0 Å². The van der Waals surface area contributed by atoms with Crippen LogP contribution < -0.4 is 5.73 Å². The monoisotopic (exact) mass is 219 g/mol. The van der Waals surface area contributed by atoms with Crippen LogP contribution in [0.4, 0.5) is 5.69 Å². The molecule has 0 fully saturated rings. The van der Waals surface area contributed by atoms with Crippen molar-refractivity contribution in [3.05, 3.63) is 36.1 Å². The molecule has 1 rings (SSSR count). The molecule has 0 aliphatic rings. The zero-order valence-corrected chi connectivity index (χ0v) is 10.2. The maximum absolute atomic E-state index is 5.97. The Hall–Kier alpha value is -1.44. The minimum absolute atomic E-state index is 0.697. The first-order chi connectivity index (χ1) is 7.79. The zero-order valence-electron chi connectivity index (χ0n) is 10.2. The molecule has 16 heavy (non-hydrogen) atoms. The molecule has 88 valence electrons. The smallest absolute Gasteiger partial charge is 0.0867 e. The summed E-state index contributed by atoms with van der Waals surface area (Å²) in [5.41, 5.74) is 9.09. The summed E-state index contributed by atoms with van der Waals surface area (Å²) in [6, 6.07) is 7.95. The van der Waals surface area contributed by atoms with Crippen LogP contribution >= 0.6 is 0 Å². The molecule has 0 amide bonds. The second-order valence-electron chi connectivity index (χ2n) is 3.79. The Labute approximate surface area is 98.1 Å². The van der Waals surface area contributed by atoms with Crippen LogP contribution in [0.2, 0.25) is 0 Å². The molecule has 2 nitrogen and oxygen atoms in total. The van der Waals surface area contributed by atoms with Gasteiger partial charge in [-0.05, 0) is 31.4 Å². The molecule has 0 spiro atoms. The summed E-state index contributed by atoms with van der Waals surface area (Å²) in [6.45, 7) is 4.87. The third kappa shape index (κ3) is 3.61. The lowest BCUT2D eigenvalue weighted by Crippen LogP contribution is -1.95. The van der Waals surface area contributed by atoms with Crippen LogP contribution in [0.25, 0.3) is 5.57 Å². The maximum atomic E-state index is 5.97. The third-order valence-electron chi connectivity index (χ3n) is 2.50. The van der Waals surface area contributed by atoms with Crippen LogP contribution in [-0.2, 0) is 4.74 Å². The number of hydrogen-bond acceptors (Lipinski definition) is 2. The molecule has 0 aromatic heterocycles. The normalized spacial score (nSPS) is 11.5. The first-order valence-corrected chi connectivity index (χ1v) is 5.95. The summed E-state index contributed by atoms with van der Waals surface area (Å²) < 4.78 is 5.38. The molecule has 0 saturated carbocycles. The lowest BCUT2D eigenvalue weighted by molar-refractivity contribution is 0.270. The Morgan fingerprint density at radius 2 is 2.06 bits per heavy atom. The summed E-state index contributed by atoms with van der Waals surface area (Å²) in [5.74, 6) is 0. The Morgan fingerprint density at radius 1 is 1.31 bits per heavy atom. The predicted octanol–water partition coefficient (Wildman–Crippen LogP) is 3.84. The van der Waals surface area contributed by atoms with E-state index < -0.39 is 0 Å². The number of allylic oxidation sites excluding steroid dienone is 1. The van der Waals surface area contributed by atoms with E-state index in [1.54, 1.807) is 0 Å². The van der Waals surface area contributed by atoms with Crippen LogP contribution in [0, 0.1) is 0 Å². The van der Waals surface area contributed by atoms with Crippen LogP contribution in [0.15, 0.2) is 30.5 Å². The van der Waals surface area contributed by atoms with Gasteiger partial charge >= 0.3 is 0 Å². The van der Waals surface area contributed by atoms with Crippen molar-refractivity contribution in [2.24, 2.45) is 0 Å². The second kappa shape index (κ2) is 6.94. The predicted molar refractivity (Wildman–Crippen MR) is 70.0 cm³/mol. The van der Waals surface area contributed by atoms with Gasteiger partial charge in [-0.2, -0.15) is 0 Å². The fourth-order valence-electron chi connectivity index (χ4n) is 1.60. The van der Waals surface area contributed by atoms with Crippen molar-refractivity contribution in [3.63, 3.8) is 0 Å². The molecule has 0 unspecified atom stereocenters. The van der Waals surface area contributed by atoms with Gasteiger partial charge in [0.1, 0.15) is 0 Å². The average molecular weight is 219 g/mol. The van der Waals surface area contributed by atoms with Gasteiger partial charge in [0.15, 0.2) is 0 Å². The molecule has 0 radical (unpaired) electrons. The van der Waals surface area contributed by atoms with Crippen molar-refractivity contribution < 1.29 is 4.74 Å². The summed E-state index contributed by atoms with van der Waals surface area (Å²) in [7, 11) is 0. The van der Waals surface area contributed by atoms with Gasteiger partial charge < -0.3 is 10.5 Å². The van der Waals surface area contributed by atoms with E-state index in [1.807, 2.05) is 31.4 Å². The van der Waals surface area contributed by atoms with Gasteiger partial charge in [0.25, 0.3) is 0 Å². The quantitative estimate of drug-likeness (QED) is 0.583. The highest BCUT2D eigenvalue weighted by molar-refractivity contribution is 5.74. The Morgan fingerprint density at radius 3 is 2.69 bits per heavy atom. The largest absolute Gasteiger partial charge is 0.501 e. The van der Waals surface area contributed by atoms with Crippen molar-refractivity contribution >= 4 is 11.3 Å². The summed E-state index contributed by atoms with van der Waals surface area (Å²) in [6.07, 6.45) is 5.20. The highest BCUT2D eigenvalue weighted by Gasteiger charge is 2.05. The average Bonchev–Trinajstić information content (AvgIpc) is 2.31. The highest BCUT2D eigenvalue weighted by atomic mass is 16.5.